The number of nitrogen functional groups attached to an aromatic ring is 1. The number of halogens is 1. The fraction of sp³-hybridized carbons (Fsp3) is 0.333. The molecule has 1 aromatic heterocycles. The highest BCUT2D eigenvalue weighted by molar-refractivity contribution is 9.10. The molecule has 1 aliphatic rings. The second kappa shape index (κ2) is 5.89. The van der Waals surface area contributed by atoms with E-state index in [1.165, 1.54) is 17.6 Å². The van der Waals surface area contributed by atoms with Gasteiger partial charge in [0.2, 0.25) is 0 Å². The van der Waals surface area contributed by atoms with Crippen molar-refractivity contribution in [1.82, 2.24) is 9.97 Å². The number of hydrogen-bond acceptors (Lipinski definition) is 5. The van der Waals surface area contributed by atoms with Crippen LogP contribution < -0.4 is 15.5 Å². The van der Waals surface area contributed by atoms with Gasteiger partial charge >= 0.3 is 0 Å². The molecule has 0 aliphatic carbocycles. The molecule has 1 aromatic carbocycles. The van der Waals surface area contributed by atoms with Gasteiger partial charge in [0.15, 0.2) is 0 Å². The summed E-state index contributed by atoms with van der Waals surface area (Å²) in [7, 11) is 0. The highest BCUT2D eigenvalue weighted by atomic mass is 79.9. The van der Waals surface area contributed by atoms with Crippen molar-refractivity contribution in [2.45, 2.75) is 6.92 Å². The van der Waals surface area contributed by atoms with Crippen LogP contribution in [0.3, 0.4) is 0 Å². The fourth-order valence-corrected chi connectivity index (χ4v) is 3.05. The molecule has 0 amide bonds. The van der Waals surface area contributed by atoms with E-state index in [1.807, 2.05) is 0 Å². The minimum Gasteiger partial charge on any atom is -0.383 e. The molecule has 1 aliphatic heterocycles. The van der Waals surface area contributed by atoms with Crippen molar-refractivity contribution in [2.24, 2.45) is 0 Å². The maximum Gasteiger partial charge on any atom is 0.148 e. The molecule has 0 bridgehead atoms. The maximum atomic E-state index is 5.83. The molecule has 110 valence electrons. The number of rotatable bonds is 2. The second-order valence-electron chi connectivity index (χ2n) is 5.21. The van der Waals surface area contributed by atoms with Gasteiger partial charge in [0.25, 0.3) is 0 Å². The van der Waals surface area contributed by atoms with E-state index in [9.17, 15) is 0 Å². The standard InChI is InChI=1S/C15H18BrN5/c1-11-3-2-4-12(9-11)20-5-7-21(8-6-20)15-13(16)14(17)18-10-19-15/h2-4,9-10H,5-8H2,1H3,(H2,17,18,19). The van der Waals surface area contributed by atoms with E-state index in [1.54, 1.807) is 0 Å². The Hall–Kier alpha value is -1.82. The zero-order chi connectivity index (χ0) is 14.8. The molecule has 0 unspecified atom stereocenters. The van der Waals surface area contributed by atoms with Crippen LogP contribution in [0.2, 0.25) is 0 Å². The summed E-state index contributed by atoms with van der Waals surface area (Å²) in [4.78, 5) is 13.0. The third-order valence-corrected chi connectivity index (χ3v) is 4.50. The predicted molar refractivity (Wildman–Crippen MR) is 89.7 cm³/mol. The molecule has 2 heterocycles. The van der Waals surface area contributed by atoms with Crippen LogP contribution in [-0.4, -0.2) is 36.1 Å². The Morgan fingerprint density at radius 2 is 1.81 bits per heavy atom. The Bertz CT molecular complexity index is 638. The zero-order valence-electron chi connectivity index (χ0n) is 12.0. The van der Waals surface area contributed by atoms with E-state index < -0.39 is 0 Å². The van der Waals surface area contributed by atoms with Crippen LogP contribution in [0.15, 0.2) is 35.1 Å². The van der Waals surface area contributed by atoms with Crippen molar-refractivity contribution >= 4 is 33.3 Å². The predicted octanol–water partition coefficient (Wildman–Crippen LogP) is 2.46. The monoisotopic (exact) mass is 347 g/mol. The highest BCUT2D eigenvalue weighted by Gasteiger charge is 2.21. The molecule has 1 fully saturated rings. The number of aromatic nitrogens is 2. The molecule has 5 nitrogen and oxygen atoms in total. The number of nitrogens with two attached hydrogens (primary N) is 1. The average Bonchev–Trinajstić information content (AvgIpc) is 2.50. The van der Waals surface area contributed by atoms with Gasteiger partial charge in [-0.15, -0.1) is 0 Å². The fourth-order valence-electron chi connectivity index (χ4n) is 2.60. The van der Waals surface area contributed by atoms with Crippen LogP contribution in [0.5, 0.6) is 0 Å². The van der Waals surface area contributed by atoms with Gasteiger partial charge in [-0.1, -0.05) is 12.1 Å². The van der Waals surface area contributed by atoms with Crippen LogP contribution in [0.1, 0.15) is 5.56 Å². The van der Waals surface area contributed by atoms with Gasteiger partial charge in [0, 0.05) is 31.9 Å². The van der Waals surface area contributed by atoms with Crippen molar-refractivity contribution < 1.29 is 0 Å². The Labute approximate surface area is 132 Å². The van der Waals surface area contributed by atoms with E-state index in [0.717, 1.165) is 36.5 Å². The number of anilines is 3. The van der Waals surface area contributed by atoms with Crippen LogP contribution >= 0.6 is 15.9 Å². The third-order valence-electron chi connectivity index (χ3n) is 3.74. The SMILES string of the molecule is Cc1cccc(N2CCN(c3ncnc(N)c3Br)CC2)c1. The minimum absolute atomic E-state index is 0.487. The normalized spacial score (nSPS) is 15.3. The lowest BCUT2D eigenvalue weighted by Crippen LogP contribution is -2.47. The first kappa shape index (κ1) is 14.1. The van der Waals surface area contributed by atoms with E-state index in [4.69, 9.17) is 5.73 Å². The average molecular weight is 348 g/mol. The number of benzene rings is 1. The number of piperazine rings is 1. The summed E-state index contributed by atoms with van der Waals surface area (Å²) in [5.41, 5.74) is 8.41. The topological polar surface area (TPSA) is 58.3 Å². The summed E-state index contributed by atoms with van der Waals surface area (Å²) >= 11 is 3.48. The molecule has 0 saturated carbocycles. The molecule has 21 heavy (non-hydrogen) atoms. The van der Waals surface area contributed by atoms with Gasteiger partial charge in [0.05, 0.1) is 0 Å². The van der Waals surface area contributed by atoms with E-state index in [0.29, 0.717) is 5.82 Å². The Kier molecular flexibility index (Phi) is 3.96. The summed E-state index contributed by atoms with van der Waals surface area (Å²) in [5, 5.41) is 0. The number of hydrogen-bond donors (Lipinski definition) is 1. The third kappa shape index (κ3) is 2.95. The molecular formula is C15H18BrN5. The molecule has 0 atom stereocenters. The summed E-state index contributed by atoms with van der Waals surface area (Å²) in [6.07, 6.45) is 1.52. The quantitative estimate of drug-likeness (QED) is 0.904. The number of nitrogens with zero attached hydrogens (tertiary/aromatic N) is 4. The van der Waals surface area contributed by atoms with Gasteiger partial charge in [-0.2, -0.15) is 0 Å². The Morgan fingerprint density at radius 3 is 2.52 bits per heavy atom. The smallest absolute Gasteiger partial charge is 0.148 e. The van der Waals surface area contributed by atoms with Crippen LogP contribution in [-0.2, 0) is 0 Å². The molecular weight excluding hydrogens is 330 g/mol. The summed E-state index contributed by atoms with van der Waals surface area (Å²) in [6.45, 7) is 5.91. The van der Waals surface area contributed by atoms with E-state index >= 15 is 0 Å². The first-order valence-electron chi connectivity index (χ1n) is 6.97. The van der Waals surface area contributed by atoms with Gasteiger partial charge in [-0.3, -0.25) is 0 Å². The molecule has 0 radical (unpaired) electrons. The van der Waals surface area contributed by atoms with Crippen LogP contribution in [0.25, 0.3) is 0 Å². The maximum absolute atomic E-state index is 5.83. The lowest BCUT2D eigenvalue weighted by atomic mass is 10.2. The van der Waals surface area contributed by atoms with Crippen molar-refractivity contribution in [1.29, 1.82) is 0 Å². The highest BCUT2D eigenvalue weighted by Crippen LogP contribution is 2.28. The van der Waals surface area contributed by atoms with Crippen LogP contribution in [0.4, 0.5) is 17.3 Å². The van der Waals surface area contributed by atoms with Crippen molar-refractivity contribution in [3.8, 4) is 0 Å². The molecule has 0 spiro atoms. The molecule has 2 aromatic rings. The molecule has 2 N–H and O–H groups in total. The zero-order valence-corrected chi connectivity index (χ0v) is 13.5. The second-order valence-corrected chi connectivity index (χ2v) is 6.00. The lowest BCUT2D eigenvalue weighted by molar-refractivity contribution is 0.645. The summed E-state index contributed by atoms with van der Waals surface area (Å²) < 4.78 is 0.786. The summed E-state index contributed by atoms with van der Waals surface area (Å²) in [5.74, 6) is 1.37. The first-order valence-corrected chi connectivity index (χ1v) is 7.77. The van der Waals surface area contributed by atoms with E-state index in [-0.39, 0.29) is 0 Å². The number of aryl methyl sites for hydroxylation is 1. The molecule has 6 heteroatoms. The van der Waals surface area contributed by atoms with Gasteiger partial charge < -0.3 is 15.5 Å². The van der Waals surface area contributed by atoms with Gasteiger partial charge in [0.1, 0.15) is 22.4 Å². The Balaban J connectivity index is 1.72. The van der Waals surface area contributed by atoms with Crippen molar-refractivity contribution in [2.75, 3.05) is 41.7 Å². The van der Waals surface area contributed by atoms with Gasteiger partial charge in [-0.25, -0.2) is 9.97 Å². The van der Waals surface area contributed by atoms with E-state index in [2.05, 4.69) is 66.9 Å². The van der Waals surface area contributed by atoms with Gasteiger partial charge in [-0.05, 0) is 40.5 Å². The van der Waals surface area contributed by atoms with Crippen LogP contribution in [0, 0.1) is 6.92 Å². The largest absolute Gasteiger partial charge is 0.383 e. The first-order chi connectivity index (χ1) is 10.1. The Morgan fingerprint density at radius 1 is 1.10 bits per heavy atom. The minimum atomic E-state index is 0.487. The van der Waals surface area contributed by atoms with Crippen molar-refractivity contribution in [3.63, 3.8) is 0 Å². The summed E-state index contributed by atoms with van der Waals surface area (Å²) in [6, 6.07) is 8.63. The molecule has 1 saturated heterocycles. The molecule has 3 rings (SSSR count). The lowest BCUT2D eigenvalue weighted by Gasteiger charge is -2.37. The van der Waals surface area contributed by atoms with Crippen molar-refractivity contribution in [3.05, 3.63) is 40.6 Å².